The Morgan fingerprint density at radius 3 is 3.07 bits per heavy atom. The van der Waals surface area contributed by atoms with Gasteiger partial charge >= 0.3 is 5.97 Å². The molecule has 0 saturated carbocycles. The van der Waals surface area contributed by atoms with Crippen LogP contribution in [0.3, 0.4) is 0 Å². The zero-order chi connectivity index (χ0) is 10.4. The van der Waals surface area contributed by atoms with Crippen LogP contribution < -0.4 is 0 Å². The van der Waals surface area contributed by atoms with Crippen molar-refractivity contribution in [3.05, 3.63) is 17.5 Å². The first-order valence-corrected chi connectivity index (χ1v) is 5.17. The Bertz CT molecular complexity index is 401. The summed E-state index contributed by atoms with van der Waals surface area (Å²) in [5.74, 6) is -0.723. The highest BCUT2D eigenvalue weighted by molar-refractivity contribution is 5.88. The maximum absolute atomic E-state index is 10.9. The molecule has 5 nitrogen and oxygen atoms in total. The van der Waals surface area contributed by atoms with Crippen molar-refractivity contribution in [2.24, 2.45) is 0 Å². The van der Waals surface area contributed by atoms with E-state index < -0.39 is 5.97 Å². The van der Waals surface area contributed by atoms with E-state index in [4.69, 9.17) is 9.84 Å². The Morgan fingerprint density at radius 1 is 1.60 bits per heavy atom. The van der Waals surface area contributed by atoms with Crippen LogP contribution in [-0.2, 0) is 4.74 Å². The summed E-state index contributed by atoms with van der Waals surface area (Å²) in [6.07, 6.45) is 4.96. The van der Waals surface area contributed by atoms with Gasteiger partial charge in [-0.25, -0.2) is 4.79 Å². The molecule has 3 rings (SSSR count). The first kappa shape index (κ1) is 8.91. The molecule has 0 spiro atoms. The molecule has 2 N–H and O–H groups in total. The lowest BCUT2D eigenvalue weighted by atomic mass is 9.85. The lowest BCUT2D eigenvalue weighted by Crippen LogP contribution is -2.17. The van der Waals surface area contributed by atoms with E-state index in [9.17, 15) is 4.79 Å². The number of carbonyl (C=O) groups is 1. The van der Waals surface area contributed by atoms with Crippen LogP contribution in [0.4, 0.5) is 0 Å². The fourth-order valence-corrected chi connectivity index (χ4v) is 2.69. The van der Waals surface area contributed by atoms with Gasteiger partial charge in [0.25, 0.3) is 0 Å². The van der Waals surface area contributed by atoms with Gasteiger partial charge in [-0.2, -0.15) is 5.10 Å². The van der Waals surface area contributed by atoms with Gasteiger partial charge in [0.15, 0.2) is 0 Å². The van der Waals surface area contributed by atoms with Crippen LogP contribution in [0, 0.1) is 0 Å². The molecule has 80 valence electrons. The van der Waals surface area contributed by atoms with E-state index in [1.54, 1.807) is 0 Å². The van der Waals surface area contributed by atoms with Gasteiger partial charge in [-0.05, 0) is 19.3 Å². The van der Waals surface area contributed by atoms with Gasteiger partial charge in [-0.15, -0.1) is 0 Å². The van der Waals surface area contributed by atoms with Gasteiger partial charge in [-0.3, -0.25) is 5.10 Å². The van der Waals surface area contributed by atoms with Crippen LogP contribution in [0.15, 0.2) is 6.20 Å². The molecule has 0 radical (unpaired) electrons. The third-order valence-corrected chi connectivity index (χ3v) is 3.38. The summed E-state index contributed by atoms with van der Waals surface area (Å²) in [4.78, 5) is 10.9. The Hall–Kier alpha value is -1.36. The number of aromatic carboxylic acids is 1. The summed E-state index contributed by atoms with van der Waals surface area (Å²) >= 11 is 0. The number of carboxylic acids is 1. The van der Waals surface area contributed by atoms with E-state index in [1.807, 2.05) is 0 Å². The molecule has 2 aliphatic rings. The molecule has 0 aliphatic carbocycles. The van der Waals surface area contributed by atoms with E-state index in [0.717, 1.165) is 25.0 Å². The minimum atomic E-state index is -0.915. The molecule has 5 heteroatoms. The standard InChI is InChI=1S/C10H12N2O3/c13-10(14)7-4-11-12-9(7)6-3-5-1-2-8(6)15-5/h4-6,8H,1-3H2,(H,11,12)(H,13,14). The number of fused-ring (bicyclic) bond motifs is 2. The number of nitrogens with one attached hydrogen (secondary N) is 1. The molecule has 2 bridgehead atoms. The molecule has 2 saturated heterocycles. The Kier molecular flexibility index (Phi) is 1.82. The van der Waals surface area contributed by atoms with Gasteiger partial charge in [0.05, 0.1) is 24.1 Å². The number of ether oxygens (including phenoxy) is 1. The highest BCUT2D eigenvalue weighted by atomic mass is 16.5. The summed E-state index contributed by atoms with van der Waals surface area (Å²) in [5.41, 5.74) is 1.02. The first-order chi connectivity index (χ1) is 7.25. The molecule has 2 fully saturated rings. The van der Waals surface area contributed by atoms with Gasteiger partial charge in [0.1, 0.15) is 5.56 Å². The third kappa shape index (κ3) is 1.26. The quantitative estimate of drug-likeness (QED) is 0.764. The van der Waals surface area contributed by atoms with Crippen molar-refractivity contribution in [3.63, 3.8) is 0 Å². The van der Waals surface area contributed by atoms with Crippen molar-refractivity contribution in [2.75, 3.05) is 0 Å². The van der Waals surface area contributed by atoms with E-state index in [-0.39, 0.29) is 17.6 Å². The Morgan fingerprint density at radius 2 is 2.47 bits per heavy atom. The second kappa shape index (κ2) is 3.06. The van der Waals surface area contributed by atoms with Crippen LogP contribution in [0.2, 0.25) is 0 Å². The molecule has 3 heterocycles. The second-order valence-electron chi connectivity index (χ2n) is 4.22. The van der Waals surface area contributed by atoms with Crippen LogP contribution >= 0.6 is 0 Å². The van der Waals surface area contributed by atoms with E-state index >= 15 is 0 Å². The highest BCUT2D eigenvalue weighted by Crippen LogP contribution is 2.44. The van der Waals surface area contributed by atoms with Crippen LogP contribution in [0.5, 0.6) is 0 Å². The number of rotatable bonds is 2. The Balaban J connectivity index is 1.93. The van der Waals surface area contributed by atoms with Crippen LogP contribution in [0.1, 0.15) is 41.2 Å². The SMILES string of the molecule is O=C(O)c1cn[nH]c1C1CC2CCC1O2. The van der Waals surface area contributed by atoms with Gasteiger partial charge in [-0.1, -0.05) is 0 Å². The zero-order valence-electron chi connectivity index (χ0n) is 8.14. The molecule has 15 heavy (non-hydrogen) atoms. The number of aromatic amines is 1. The highest BCUT2D eigenvalue weighted by Gasteiger charge is 2.43. The van der Waals surface area contributed by atoms with Gasteiger partial charge in [0.2, 0.25) is 0 Å². The normalized spacial score (nSPS) is 33.5. The predicted octanol–water partition coefficient (Wildman–Crippen LogP) is 1.14. The third-order valence-electron chi connectivity index (χ3n) is 3.38. The number of carboxylic acid groups (broad SMARTS) is 1. The monoisotopic (exact) mass is 208 g/mol. The summed E-state index contributed by atoms with van der Waals surface area (Å²) in [5, 5.41) is 15.6. The van der Waals surface area contributed by atoms with Crippen molar-refractivity contribution >= 4 is 5.97 Å². The zero-order valence-corrected chi connectivity index (χ0v) is 8.14. The maximum atomic E-state index is 10.9. The lowest BCUT2D eigenvalue weighted by Gasteiger charge is -2.17. The molecule has 0 aromatic carbocycles. The summed E-state index contributed by atoms with van der Waals surface area (Å²) in [7, 11) is 0. The molecular weight excluding hydrogens is 196 g/mol. The molecule has 2 aliphatic heterocycles. The number of H-pyrrole nitrogens is 1. The molecule has 1 aromatic heterocycles. The smallest absolute Gasteiger partial charge is 0.339 e. The number of hydrogen-bond acceptors (Lipinski definition) is 3. The van der Waals surface area contributed by atoms with E-state index in [2.05, 4.69) is 10.2 Å². The molecule has 3 atom stereocenters. The summed E-state index contributed by atoms with van der Waals surface area (Å²) in [6.45, 7) is 0. The van der Waals surface area contributed by atoms with Gasteiger partial charge < -0.3 is 9.84 Å². The maximum Gasteiger partial charge on any atom is 0.339 e. The molecule has 3 unspecified atom stereocenters. The van der Waals surface area contributed by atoms with Crippen molar-refractivity contribution in [1.29, 1.82) is 0 Å². The topological polar surface area (TPSA) is 75.2 Å². The first-order valence-electron chi connectivity index (χ1n) is 5.17. The second-order valence-corrected chi connectivity index (χ2v) is 4.22. The van der Waals surface area contributed by atoms with Crippen molar-refractivity contribution < 1.29 is 14.6 Å². The van der Waals surface area contributed by atoms with E-state index in [1.165, 1.54) is 6.20 Å². The van der Waals surface area contributed by atoms with Crippen molar-refractivity contribution in [1.82, 2.24) is 10.2 Å². The number of aromatic nitrogens is 2. The molecule has 1 aromatic rings. The molecular formula is C10H12N2O3. The number of hydrogen-bond donors (Lipinski definition) is 2. The minimum absolute atomic E-state index is 0.188. The van der Waals surface area contributed by atoms with Crippen molar-refractivity contribution in [3.8, 4) is 0 Å². The predicted molar refractivity (Wildman–Crippen MR) is 50.8 cm³/mol. The largest absolute Gasteiger partial charge is 0.478 e. The average molecular weight is 208 g/mol. The summed E-state index contributed by atoms with van der Waals surface area (Å²) < 4.78 is 5.70. The van der Waals surface area contributed by atoms with Crippen LogP contribution in [0.25, 0.3) is 0 Å². The molecule has 0 amide bonds. The average Bonchev–Trinajstić information content (AvgIpc) is 2.92. The fraction of sp³-hybridized carbons (Fsp3) is 0.600. The van der Waals surface area contributed by atoms with E-state index in [0.29, 0.717) is 6.10 Å². The summed E-state index contributed by atoms with van der Waals surface area (Å²) in [6, 6.07) is 0. The number of nitrogens with zero attached hydrogens (tertiary/aromatic N) is 1. The van der Waals surface area contributed by atoms with Crippen LogP contribution in [-0.4, -0.2) is 33.5 Å². The lowest BCUT2D eigenvalue weighted by molar-refractivity contribution is 0.0694. The van der Waals surface area contributed by atoms with Gasteiger partial charge in [0, 0.05) is 5.92 Å². The van der Waals surface area contributed by atoms with Crippen molar-refractivity contribution in [2.45, 2.75) is 37.4 Å². The fourth-order valence-electron chi connectivity index (χ4n) is 2.69. The minimum Gasteiger partial charge on any atom is -0.478 e. The Labute approximate surface area is 86.4 Å².